The molecule has 0 aliphatic carbocycles. The van der Waals surface area contributed by atoms with E-state index in [9.17, 15) is 0 Å². The Morgan fingerprint density at radius 3 is 1.83 bits per heavy atom. The number of hydrogen-bond acceptors (Lipinski definition) is 3. The second-order valence-corrected chi connectivity index (χ2v) is 11.8. The highest BCUT2D eigenvalue weighted by atomic mass is 16.3. The number of aromatic nitrogens is 2. The summed E-state index contributed by atoms with van der Waals surface area (Å²) in [5.74, 6) is 0.684. The topological polar surface area (TPSA) is 38.9 Å². The molecule has 0 amide bonds. The molecule has 0 bridgehead atoms. The van der Waals surface area contributed by atoms with Crippen LogP contribution in [0.1, 0.15) is 0 Å². The summed E-state index contributed by atoms with van der Waals surface area (Å²) >= 11 is 0. The van der Waals surface area contributed by atoms with E-state index >= 15 is 0 Å². The van der Waals surface area contributed by atoms with Crippen molar-refractivity contribution in [2.24, 2.45) is 0 Å². The minimum atomic E-state index is 0.684. The average molecular weight is 601 g/mol. The highest BCUT2D eigenvalue weighted by molar-refractivity contribution is 6.12. The molecule has 0 saturated carbocycles. The summed E-state index contributed by atoms with van der Waals surface area (Å²) in [5, 5.41) is 4.65. The van der Waals surface area contributed by atoms with Crippen molar-refractivity contribution in [1.29, 1.82) is 0 Å². The van der Waals surface area contributed by atoms with Crippen molar-refractivity contribution in [2.75, 3.05) is 0 Å². The lowest BCUT2D eigenvalue weighted by Gasteiger charge is -2.14. The van der Waals surface area contributed by atoms with Gasteiger partial charge in [-0.1, -0.05) is 152 Å². The normalized spacial score (nSPS) is 11.4. The van der Waals surface area contributed by atoms with Crippen molar-refractivity contribution in [3.05, 3.63) is 170 Å². The molecule has 0 radical (unpaired) electrons. The molecule has 0 saturated heterocycles. The van der Waals surface area contributed by atoms with Crippen LogP contribution in [-0.4, -0.2) is 9.97 Å². The predicted octanol–water partition coefficient (Wildman–Crippen LogP) is 11.9. The SMILES string of the molecule is c1ccc(-c2cc(-c3ccc4c(oc5ccccc54)c3-c3ccc(-c4cccc5ccccc45)cc3)nc(-c3ccccc3)n2)cc1. The Hall–Kier alpha value is -6.32. The summed E-state index contributed by atoms with van der Waals surface area (Å²) in [6, 6.07) is 59.0. The van der Waals surface area contributed by atoms with Crippen LogP contribution < -0.4 is 0 Å². The summed E-state index contributed by atoms with van der Waals surface area (Å²) in [6.45, 7) is 0. The average Bonchev–Trinajstić information content (AvgIpc) is 3.54. The first kappa shape index (κ1) is 27.0. The molecule has 0 spiro atoms. The molecule has 9 aromatic rings. The van der Waals surface area contributed by atoms with E-state index in [0.717, 1.165) is 61.1 Å². The van der Waals surface area contributed by atoms with E-state index in [1.54, 1.807) is 0 Å². The number of benzene rings is 7. The second-order valence-electron chi connectivity index (χ2n) is 11.8. The van der Waals surface area contributed by atoms with Crippen molar-refractivity contribution >= 4 is 32.7 Å². The molecule has 47 heavy (non-hydrogen) atoms. The maximum absolute atomic E-state index is 6.66. The van der Waals surface area contributed by atoms with E-state index in [0.29, 0.717) is 5.82 Å². The van der Waals surface area contributed by atoms with Gasteiger partial charge in [-0.05, 0) is 45.7 Å². The van der Waals surface area contributed by atoms with Crippen LogP contribution in [0.15, 0.2) is 174 Å². The molecule has 2 heterocycles. The number of fused-ring (bicyclic) bond motifs is 4. The minimum absolute atomic E-state index is 0.684. The Morgan fingerprint density at radius 2 is 1.02 bits per heavy atom. The first-order valence-corrected chi connectivity index (χ1v) is 15.8. The van der Waals surface area contributed by atoms with E-state index in [1.165, 1.54) is 21.9 Å². The summed E-state index contributed by atoms with van der Waals surface area (Å²) in [6.07, 6.45) is 0. The molecule has 0 aliphatic heterocycles. The van der Waals surface area contributed by atoms with Crippen LogP contribution in [0.5, 0.6) is 0 Å². The van der Waals surface area contributed by atoms with Gasteiger partial charge in [-0.3, -0.25) is 0 Å². The van der Waals surface area contributed by atoms with Crippen LogP contribution in [0.3, 0.4) is 0 Å². The molecule has 2 aromatic heterocycles. The maximum atomic E-state index is 6.66. The summed E-state index contributed by atoms with van der Waals surface area (Å²) in [5.41, 5.74) is 10.9. The minimum Gasteiger partial charge on any atom is -0.455 e. The van der Waals surface area contributed by atoms with Gasteiger partial charge in [0.15, 0.2) is 5.82 Å². The Labute approximate surface area is 272 Å². The van der Waals surface area contributed by atoms with Gasteiger partial charge in [-0.25, -0.2) is 9.97 Å². The lowest BCUT2D eigenvalue weighted by atomic mass is 9.92. The highest BCUT2D eigenvalue weighted by Gasteiger charge is 2.20. The zero-order valence-corrected chi connectivity index (χ0v) is 25.5. The van der Waals surface area contributed by atoms with Crippen LogP contribution in [0, 0.1) is 0 Å². The third-order valence-electron chi connectivity index (χ3n) is 8.92. The van der Waals surface area contributed by atoms with Crippen molar-refractivity contribution in [1.82, 2.24) is 9.97 Å². The van der Waals surface area contributed by atoms with Crippen LogP contribution in [-0.2, 0) is 0 Å². The Kier molecular flexibility index (Phi) is 6.46. The quantitative estimate of drug-likeness (QED) is 0.197. The summed E-state index contributed by atoms with van der Waals surface area (Å²) < 4.78 is 6.66. The number of rotatable bonds is 5. The predicted molar refractivity (Wildman–Crippen MR) is 194 cm³/mol. The first-order valence-electron chi connectivity index (χ1n) is 15.8. The van der Waals surface area contributed by atoms with Gasteiger partial charge in [-0.2, -0.15) is 0 Å². The summed E-state index contributed by atoms with van der Waals surface area (Å²) in [7, 11) is 0. The van der Waals surface area contributed by atoms with Crippen molar-refractivity contribution in [3.63, 3.8) is 0 Å². The maximum Gasteiger partial charge on any atom is 0.160 e. The van der Waals surface area contributed by atoms with Gasteiger partial charge >= 0.3 is 0 Å². The van der Waals surface area contributed by atoms with Gasteiger partial charge in [-0.15, -0.1) is 0 Å². The van der Waals surface area contributed by atoms with Gasteiger partial charge in [0.1, 0.15) is 11.2 Å². The molecule has 0 fully saturated rings. The Balaban J connectivity index is 1.28. The zero-order valence-electron chi connectivity index (χ0n) is 25.5. The van der Waals surface area contributed by atoms with E-state index in [-0.39, 0.29) is 0 Å². The first-order chi connectivity index (χ1) is 23.3. The van der Waals surface area contributed by atoms with Gasteiger partial charge in [0.2, 0.25) is 0 Å². The Morgan fingerprint density at radius 1 is 0.383 bits per heavy atom. The largest absolute Gasteiger partial charge is 0.455 e. The molecule has 0 atom stereocenters. The molecule has 220 valence electrons. The summed E-state index contributed by atoms with van der Waals surface area (Å²) in [4.78, 5) is 10.2. The fourth-order valence-electron chi connectivity index (χ4n) is 6.64. The van der Waals surface area contributed by atoms with E-state index in [2.05, 4.69) is 121 Å². The van der Waals surface area contributed by atoms with Crippen molar-refractivity contribution in [2.45, 2.75) is 0 Å². The third-order valence-corrected chi connectivity index (χ3v) is 8.92. The highest BCUT2D eigenvalue weighted by Crippen LogP contribution is 2.43. The number of nitrogens with zero attached hydrogens (tertiary/aromatic N) is 2. The molecule has 0 unspecified atom stereocenters. The fraction of sp³-hybridized carbons (Fsp3) is 0. The standard InChI is InChI=1S/C44H28N2O/c1-3-13-31(14-4-1)39-28-40(46-44(45-39)33-15-5-2-6-16-33)38-27-26-37-36-19-9-10-21-41(36)47-43(37)42(38)32-24-22-30(23-25-32)35-20-11-17-29-12-7-8-18-34(29)35/h1-28H. The molecule has 3 heteroatoms. The smallest absolute Gasteiger partial charge is 0.160 e. The number of para-hydroxylation sites is 1. The van der Waals surface area contributed by atoms with Gasteiger partial charge in [0, 0.05) is 33.0 Å². The molecule has 9 rings (SSSR count). The zero-order chi connectivity index (χ0) is 31.2. The van der Waals surface area contributed by atoms with Crippen molar-refractivity contribution < 1.29 is 4.42 Å². The Bertz CT molecular complexity index is 2490. The third kappa shape index (κ3) is 4.77. The number of hydrogen-bond donors (Lipinski definition) is 0. The number of furan rings is 1. The van der Waals surface area contributed by atoms with Gasteiger partial charge < -0.3 is 4.42 Å². The lowest BCUT2D eigenvalue weighted by molar-refractivity contribution is 0.670. The van der Waals surface area contributed by atoms with Crippen molar-refractivity contribution in [3.8, 4) is 56.2 Å². The van der Waals surface area contributed by atoms with Crippen LogP contribution >= 0.6 is 0 Å². The molecular formula is C44H28N2O. The van der Waals surface area contributed by atoms with Crippen LogP contribution in [0.25, 0.3) is 88.9 Å². The lowest BCUT2D eigenvalue weighted by Crippen LogP contribution is -1.97. The molecular weight excluding hydrogens is 572 g/mol. The van der Waals surface area contributed by atoms with E-state index in [1.807, 2.05) is 48.5 Å². The molecule has 7 aromatic carbocycles. The van der Waals surface area contributed by atoms with E-state index < -0.39 is 0 Å². The molecule has 0 N–H and O–H groups in total. The van der Waals surface area contributed by atoms with Gasteiger partial charge in [0.25, 0.3) is 0 Å². The second kappa shape index (κ2) is 11.2. The van der Waals surface area contributed by atoms with Crippen LogP contribution in [0.2, 0.25) is 0 Å². The fourth-order valence-corrected chi connectivity index (χ4v) is 6.64. The van der Waals surface area contributed by atoms with E-state index in [4.69, 9.17) is 14.4 Å². The van der Waals surface area contributed by atoms with Crippen LogP contribution in [0.4, 0.5) is 0 Å². The van der Waals surface area contributed by atoms with Gasteiger partial charge in [0.05, 0.1) is 11.4 Å². The molecule has 3 nitrogen and oxygen atoms in total. The molecule has 0 aliphatic rings. The monoisotopic (exact) mass is 600 g/mol.